The highest BCUT2D eigenvalue weighted by Gasteiger charge is 2.34. The van der Waals surface area contributed by atoms with Crippen molar-refractivity contribution in [2.75, 3.05) is 32.2 Å². The second-order valence-corrected chi connectivity index (χ2v) is 7.42. The third-order valence-electron chi connectivity index (χ3n) is 5.09. The van der Waals surface area contributed by atoms with E-state index >= 15 is 0 Å². The van der Waals surface area contributed by atoms with Crippen molar-refractivity contribution in [1.82, 2.24) is 10.6 Å². The lowest BCUT2D eigenvalue weighted by molar-refractivity contribution is -0.139. The largest absolute Gasteiger partial charge is 0.497 e. The van der Waals surface area contributed by atoms with Crippen LogP contribution in [0, 0.1) is 0 Å². The molecule has 3 N–H and O–H groups in total. The molecule has 0 radical (unpaired) electrons. The number of benzene rings is 2. The summed E-state index contributed by atoms with van der Waals surface area (Å²) in [5.41, 5.74) is 1.47. The second kappa shape index (κ2) is 12.2. The average Bonchev–Trinajstić information content (AvgIpc) is 2.87. The lowest BCUT2D eigenvalue weighted by Gasteiger charge is -2.29. The van der Waals surface area contributed by atoms with Crippen LogP contribution in [0.4, 0.5) is 15.3 Å². The molecule has 11 nitrogen and oxygen atoms in total. The first kappa shape index (κ1) is 26.1. The van der Waals surface area contributed by atoms with E-state index in [1.165, 1.54) is 31.4 Å². The van der Waals surface area contributed by atoms with Crippen molar-refractivity contribution in [3.8, 4) is 5.75 Å². The topological polar surface area (TPSA) is 141 Å². The number of carbonyl (C=O) groups is 4. The lowest BCUT2D eigenvalue weighted by Crippen LogP contribution is -2.47. The van der Waals surface area contributed by atoms with Gasteiger partial charge in [-0.15, -0.1) is 0 Å². The van der Waals surface area contributed by atoms with Gasteiger partial charge in [0.2, 0.25) is 0 Å². The van der Waals surface area contributed by atoms with Crippen molar-refractivity contribution in [3.05, 3.63) is 70.9 Å². The van der Waals surface area contributed by atoms with E-state index in [0.29, 0.717) is 17.0 Å². The maximum atomic E-state index is 12.8. The minimum Gasteiger partial charge on any atom is -0.497 e. The number of carbonyl (C=O) groups excluding carboxylic acids is 4. The number of amides is 3. The van der Waals surface area contributed by atoms with Gasteiger partial charge in [-0.05, 0) is 55.8 Å². The molecule has 0 bridgehead atoms. The third-order valence-corrected chi connectivity index (χ3v) is 5.09. The zero-order valence-corrected chi connectivity index (χ0v) is 20.1. The lowest BCUT2D eigenvalue weighted by atomic mass is 9.95. The summed E-state index contributed by atoms with van der Waals surface area (Å²) >= 11 is 0. The second-order valence-electron chi connectivity index (χ2n) is 7.42. The molecule has 3 rings (SSSR count). The smallest absolute Gasteiger partial charge is 0.411 e. The first-order valence-electron chi connectivity index (χ1n) is 11.2. The summed E-state index contributed by atoms with van der Waals surface area (Å²) in [6, 6.07) is 11.4. The fourth-order valence-electron chi connectivity index (χ4n) is 3.42. The molecule has 1 atom stereocenters. The fourth-order valence-corrected chi connectivity index (χ4v) is 3.42. The standard InChI is InChI=1S/C25H27N3O8/c1-4-34-23(30)20-19(27-24(31)28-21(20)15-8-12-18(33-3)13-9-15)14-36-22(29)16-6-10-17(11-7-16)26-25(32)35-5-2/h6-13,21H,4-5,14H2,1-3H3,(H,26,32)(H2,27,28,31). The van der Waals surface area contributed by atoms with Crippen molar-refractivity contribution < 1.29 is 38.1 Å². The average molecular weight is 498 g/mol. The predicted octanol–water partition coefficient (Wildman–Crippen LogP) is 3.29. The van der Waals surface area contributed by atoms with Crippen LogP contribution in [-0.4, -0.2) is 51.0 Å². The minimum absolute atomic E-state index is 0.104. The maximum Gasteiger partial charge on any atom is 0.411 e. The van der Waals surface area contributed by atoms with E-state index in [2.05, 4.69) is 16.0 Å². The SMILES string of the molecule is CCOC(=O)Nc1ccc(C(=O)OCC2=C(C(=O)OCC)C(c3ccc(OC)cc3)NC(=O)N2)cc1. The van der Waals surface area contributed by atoms with Crippen LogP contribution in [0.15, 0.2) is 59.8 Å². The summed E-state index contributed by atoms with van der Waals surface area (Å²) in [5, 5.41) is 7.77. The number of rotatable bonds is 9. The monoisotopic (exact) mass is 497 g/mol. The molecule has 2 aromatic rings. The number of hydrogen-bond donors (Lipinski definition) is 3. The van der Waals surface area contributed by atoms with Gasteiger partial charge in [0, 0.05) is 5.69 Å². The van der Waals surface area contributed by atoms with E-state index in [0.717, 1.165) is 0 Å². The predicted molar refractivity (Wildman–Crippen MR) is 128 cm³/mol. The van der Waals surface area contributed by atoms with Crippen LogP contribution < -0.4 is 20.7 Å². The molecular formula is C25H27N3O8. The number of anilines is 1. The zero-order chi connectivity index (χ0) is 26.1. The van der Waals surface area contributed by atoms with Crippen LogP contribution in [0.5, 0.6) is 5.75 Å². The number of methoxy groups -OCH3 is 1. The molecule has 190 valence electrons. The van der Waals surface area contributed by atoms with Crippen LogP contribution in [0.2, 0.25) is 0 Å². The van der Waals surface area contributed by atoms with Gasteiger partial charge in [-0.3, -0.25) is 5.32 Å². The summed E-state index contributed by atoms with van der Waals surface area (Å²) in [7, 11) is 1.53. The molecule has 1 aliphatic heterocycles. The van der Waals surface area contributed by atoms with Crippen LogP contribution in [0.1, 0.15) is 35.8 Å². The van der Waals surface area contributed by atoms with E-state index in [1.54, 1.807) is 38.1 Å². The van der Waals surface area contributed by atoms with Gasteiger partial charge in [-0.1, -0.05) is 12.1 Å². The molecule has 1 unspecified atom stereocenters. The summed E-state index contributed by atoms with van der Waals surface area (Å²) in [4.78, 5) is 49.3. The van der Waals surface area contributed by atoms with Crippen molar-refractivity contribution in [2.45, 2.75) is 19.9 Å². The highest BCUT2D eigenvalue weighted by molar-refractivity contribution is 5.96. The molecule has 36 heavy (non-hydrogen) atoms. The third kappa shape index (κ3) is 6.53. The minimum atomic E-state index is -0.828. The molecule has 2 aromatic carbocycles. The van der Waals surface area contributed by atoms with Crippen molar-refractivity contribution in [3.63, 3.8) is 0 Å². The zero-order valence-electron chi connectivity index (χ0n) is 20.1. The van der Waals surface area contributed by atoms with Crippen molar-refractivity contribution >= 4 is 29.8 Å². The van der Waals surface area contributed by atoms with Crippen LogP contribution in [-0.2, 0) is 19.0 Å². The molecule has 11 heteroatoms. The Bertz CT molecular complexity index is 1140. The van der Waals surface area contributed by atoms with Crippen molar-refractivity contribution in [1.29, 1.82) is 0 Å². The van der Waals surface area contributed by atoms with Crippen molar-refractivity contribution in [2.24, 2.45) is 0 Å². The Morgan fingerprint density at radius 2 is 1.56 bits per heavy atom. The van der Waals surface area contributed by atoms with Gasteiger partial charge in [0.15, 0.2) is 0 Å². The Hall–Kier alpha value is -4.54. The molecule has 0 fully saturated rings. The first-order chi connectivity index (χ1) is 17.4. The molecule has 3 amide bonds. The highest BCUT2D eigenvalue weighted by atomic mass is 16.5. The van der Waals surface area contributed by atoms with Gasteiger partial charge < -0.3 is 29.6 Å². The maximum absolute atomic E-state index is 12.8. The van der Waals surface area contributed by atoms with Crippen LogP contribution in [0.25, 0.3) is 0 Å². The molecular weight excluding hydrogens is 470 g/mol. The molecule has 0 saturated carbocycles. The summed E-state index contributed by atoms with van der Waals surface area (Å²) in [5.74, 6) is -0.744. The van der Waals surface area contributed by atoms with E-state index in [-0.39, 0.29) is 36.7 Å². The van der Waals surface area contributed by atoms with E-state index < -0.39 is 30.1 Å². The number of nitrogens with one attached hydrogen (secondary N) is 3. The molecule has 0 saturated heterocycles. The van der Waals surface area contributed by atoms with Gasteiger partial charge in [0.1, 0.15) is 12.4 Å². The molecule has 0 spiro atoms. The normalized spacial score (nSPS) is 14.8. The first-order valence-corrected chi connectivity index (χ1v) is 11.2. The van der Waals surface area contributed by atoms with Gasteiger partial charge in [-0.2, -0.15) is 0 Å². The van der Waals surface area contributed by atoms with Crippen LogP contribution >= 0.6 is 0 Å². The quantitative estimate of drug-likeness (QED) is 0.354. The molecule has 0 aromatic heterocycles. The Morgan fingerprint density at radius 3 is 2.17 bits per heavy atom. The summed E-state index contributed by atoms with van der Waals surface area (Å²) in [6.07, 6.45) is -0.612. The van der Waals surface area contributed by atoms with Gasteiger partial charge in [0.05, 0.1) is 43.2 Å². The Morgan fingerprint density at radius 1 is 0.889 bits per heavy atom. The number of esters is 2. The van der Waals surface area contributed by atoms with Crippen LogP contribution in [0.3, 0.4) is 0 Å². The number of hydrogen-bond acceptors (Lipinski definition) is 8. The number of urea groups is 1. The molecule has 1 heterocycles. The van der Waals surface area contributed by atoms with E-state index in [4.69, 9.17) is 18.9 Å². The Balaban J connectivity index is 1.80. The van der Waals surface area contributed by atoms with E-state index in [1.807, 2.05) is 0 Å². The van der Waals surface area contributed by atoms with Gasteiger partial charge in [0.25, 0.3) is 0 Å². The summed E-state index contributed by atoms with van der Waals surface area (Å²) < 4.78 is 20.5. The highest BCUT2D eigenvalue weighted by Crippen LogP contribution is 2.29. The molecule has 1 aliphatic rings. The van der Waals surface area contributed by atoms with E-state index in [9.17, 15) is 19.2 Å². The summed E-state index contributed by atoms with van der Waals surface area (Å²) in [6.45, 7) is 3.31. The number of ether oxygens (including phenoxy) is 4. The Kier molecular flexibility index (Phi) is 8.87. The van der Waals surface area contributed by atoms with Gasteiger partial charge in [-0.25, -0.2) is 19.2 Å². The fraction of sp³-hybridized carbons (Fsp3) is 0.280. The Labute approximate surface area is 207 Å². The molecule has 0 aliphatic carbocycles. The van der Waals surface area contributed by atoms with Gasteiger partial charge >= 0.3 is 24.1 Å².